The maximum Gasteiger partial charge on any atom is 0.288 e. The van der Waals surface area contributed by atoms with Crippen molar-refractivity contribution in [3.63, 3.8) is 0 Å². The Morgan fingerprint density at radius 1 is 1.28 bits per heavy atom. The zero-order valence-corrected chi connectivity index (χ0v) is 18.3. The van der Waals surface area contributed by atoms with Gasteiger partial charge in [0.15, 0.2) is 10.9 Å². The molecule has 0 unspecified atom stereocenters. The molecule has 2 N–H and O–H groups in total. The number of phenols is 1. The number of thioether (sulfide) groups is 1. The Bertz CT molecular complexity index is 1230. The van der Waals surface area contributed by atoms with Gasteiger partial charge in [0.2, 0.25) is 5.82 Å². The lowest BCUT2D eigenvalue weighted by molar-refractivity contribution is 0.0812. The van der Waals surface area contributed by atoms with Crippen LogP contribution in [-0.2, 0) is 19.3 Å². The fourth-order valence-corrected chi connectivity index (χ4v) is 3.78. The van der Waals surface area contributed by atoms with Crippen LogP contribution in [0.15, 0.2) is 40.4 Å². The highest BCUT2D eigenvalue weighted by Gasteiger charge is 2.25. The van der Waals surface area contributed by atoms with Crippen LogP contribution in [0.1, 0.15) is 27.4 Å². The van der Waals surface area contributed by atoms with Gasteiger partial charge in [-0.2, -0.15) is 4.68 Å². The summed E-state index contributed by atoms with van der Waals surface area (Å²) >= 11 is 1.37. The number of hydrazine groups is 1. The number of aromatic hydroxyl groups is 1. The van der Waals surface area contributed by atoms with Gasteiger partial charge in [0.05, 0.1) is 5.69 Å². The summed E-state index contributed by atoms with van der Waals surface area (Å²) in [5.74, 6) is 0.344. The maximum atomic E-state index is 13.0. The fourth-order valence-electron chi connectivity index (χ4n) is 2.90. The Kier molecular flexibility index (Phi) is 6.13. The summed E-state index contributed by atoms with van der Waals surface area (Å²) in [7, 11) is 3.51. The van der Waals surface area contributed by atoms with Crippen molar-refractivity contribution in [1.82, 2.24) is 50.5 Å². The normalized spacial score (nSPS) is 11.2. The Balaban J connectivity index is 1.57. The molecule has 0 atom stereocenters. The maximum absolute atomic E-state index is 13.0. The predicted molar refractivity (Wildman–Crippen MR) is 112 cm³/mol. The summed E-state index contributed by atoms with van der Waals surface area (Å²) in [6, 6.07) is 6.91. The summed E-state index contributed by atoms with van der Waals surface area (Å²) in [6.45, 7) is 2.01. The number of hydrogen-bond donors (Lipinski definition) is 2. The van der Waals surface area contributed by atoms with E-state index in [0.717, 1.165) is 0 Å². The van der Waals surface area contributed by atoms with Gasteiger partial charge in [-0.25, -0.2) is 9.64 Å². The van der Waals surface area contributed by atoms with Gasteiger partial charge >= 0.3 is 0 Å². The number of nitrogens with zero attached hydrogens (tertiary/aromatic N) is 9. The van der Waals surface area contributed by atoms with E-state index >= 15 is 0 Å². The number of phenolic OH excluding ortho intramolecular Hbond substituents is 1. The number of rotatable bonds is 8. The monoisotopic (exact) mass is 456 g/mol. The van der Waals surface area contributed by atoms with E-state index in [2.05, 4.69) is 36.2 Å². The quantitative estimate of drug-likeness (QED) is 0.287. The van der Waals surface area contributed by atoms with Crippen molar-refractivity contribution < 1.29 is 14.5 Å². The minimum absolute atomic E-state index is 0.117. The number of benzene rings is 1. The Labute approximate surface area is 186 Å². The van der Waals surface area contributed by atoms with Crippen molar-refractivity contribution in [2.75, 3.05) is 7.05 Å². The number of amides is 1. The molecule has 0 radical (unpaired) electrons. The number of nitrogens with one attached hydrogen (secondary N) is 1. The van der Waals surface area contributed by atoms with Crippen LogP contribution in [0.3, 0.4) is 0 Å². The molecule has 3 aromatic heterocycles. The number of para-hydroxylation sites is 1. The molecule has 0 saturated heterocycles. The van der Waals surface area contributed by atoms with Crippen LogP contribution in [0, 0.1) is 6.92 Å². The lowest BCUT2D eigenvalue weighted by atomic mass is 10.2. The smallest absolute Gasteiger partial charge is 0.288 e. The zero-order valence-electron chi connectivity index (χ0n) is 17.5. The van der Waals surface area contributed by atoms with E-state index < -0.39 is 5.91 Å². The zero-order chi connectivity index (χ0) is 22.7. The average molecular weight is 456 g/mol. The van der Waals surface area contributed by atoms with Crippen LogP contribution in [0.5, 0.6) is 5.75 Å². The Morgan fingerprint density at radius 3 is 2.78 bits per heavy atom. The fraction of sp³-hybridized carbons (Fsp3) is 0.278. The van der Waals surface area contributed by atoms with Crippen LogP contribution in [-0.4, -0.2) is 63.1 Å². The minimum atomic E-state index is -0.461. The molecule has 0 aliphatic carbocycles. The standard InChI is InChI=1S/C18H20N10O3S/c1-11-16(24-31-23-11)28-13(9-32-18-21-19-10-26(18)2)15(20-25-28)17(30)22-27(3)8-12-6-4-5-7-14(12)29/h4-7,10,29H,8-9H2,1-3H3,(H,22,30). The van der Waals surface area contributed by atoms with Gasteiger partial charge in [0.1, 0.15) is 17.8 Å². The largest absolute Gasteiger partial charge is 0.508 e. The predicted octanol–water partition coefficient (Wildman–Crippen LogP) is 0.862. The lowest BCUT2D eigenvalue weighted by Gasteiger charge is -2.18. The van der Waals surface area contributed by atoms with Crippen molar-refractivity contribution in [2.45, 2.75) is 24.4 Å². The SMILES string of the molecule is Cc1nonc1-n1nnc(C(=O)NN(C)Cc2ccccc2O)c1CSc1nncn1C. The van der Waals surface area contributed by atoms with Gasteiger partial charge in [0.25, 0.3) is 5.91 Å². The van der Waals surface area contributed by atoms with E-state index in [9.17, 15) is 9.90 Å². The van der Waals surface area contributed by atoms with E-state index in [1.165, 1.54) is 16.4 Å². The average Bonchev–Trinajstić information content (AvgIpc) is 3.47. The molecule has 0 bridgehead atoms. The topological polar surface area (TPSA) is 153 Å². The molecule has 0 aliphatic heterocycles. The summed E-state index contributed by atoms with van der Waals surface area (Å²) < 4.78 is 7.97. The molecule has 13 nitrogen and oxygen atoms in total. The molecule has 1 aromatic carbocycles. The Hall–Kier alpha value is -3.78. The molecule has 4 aromatic rings. The number of aryl methyl sites for hydroxylation is 2. The first-order valence-corrected chi connectivity index (χ1v) is 10.4. The third-order valence-electron chi connectivity index (χ3n) is 4.51. The van der Waals surface area contributed by atoms with Gasteiger partial charge in [-0.1, -0.05) is 40.3 Å². The molecule has 0 aliphatic rings. The minimum Gasteiger partial charge on any atom is -0.508 e. The van der Waals surface area contributed by atoms with Crippen molar-refractivity contribution in [1.29, 1.82) is 0 Å². The highest BCUT2D eigenvalue weighted by atomic mass is 32.2. The summed E-state index contributed by atoms with van der Waals surface area (Å²) in [4.78, 5) is 13.0. The van der Waals surface area contributed by atoms with E-state index in [4.69, 9.17) is 4.63 Å². The van der Waals surface area contributed by atoms with Crippen LogP contribution >= 0.6 is 11.8 Å². The third-order valence-corrected chi connectivity index (χ3v) is 5.55. The van der Waals surface area contributed by atoms with Gasteiger partial charge in [-0.3, -0.25) is 10.2 Å². The number of carbonyl (C=O) groups is 1. The second-order valence-electron chi connectivity index (χ2n) is 6.91. The second-order valence-corrected chi connectivity index (χ2v) is 7.85. The molecule has 32 heavy (non-hydrogen) atoms. The van der Waals surface area contributed by atoms with Gasteiger partial charge in [-0.15, -0.1) is 15.3 Å². The molecular weight excluding hydrogens is 436 g/mol. The molecular formula is C18H20N10O3S. The van der Waals surface area contributed by atoms with Crippen LogP contribution in [0.2, 0.25) is 0 Å². The van der Waals surface area contributed by atoms with Crippen molar-refractivity contribution in [2.24, 2.45) is 7.05 Å². The van der Waals surface area contributed by atoms with Crippen LogP contribution < -0.4 is 5.43 Å². The number of hydrogen-bond acceptors (Lipinski definition) is 11. The van der Waals surface area contributed by atoms with Gasteiger partial charge in [0, 0.05) is 32.0 Å². The molecule has 0 saturated carbocycles. The van der Waals surface area contributed by atoms with Gasteiger partial charge in [-0.05, 0) is 18.1 Å². The summed E-state index contributed by atoms with van der Waals surface area (Å²) in [5.41, 5.74) is 4.53. The first-order valence-electron chi connectivity index (χ1n) is 9.44. The first-order chi connectivity index (χ1) is 15.4. The molecule has 3 heterocycles. The van der Waals surface area contributed by atoms with Crippen LogP contribution in [0.4, 0.5) is 0 Å². The van der Waals surface area contributed by atoms with Gasteiger partial charge < -0.3 is 9.67 Å². The molecule has 166 valence electrons. The van der Waals surface area contributed by atoms with E-state index in [-0.39, 0.29) is 11.4 Å². The molecule has 1 amide bonds. The van der Waals surface area contributed by atoms with E-state index in [1.54, 1.807) is 48.1 Å². The van der Waals surface area contributed by atoms with Crippen molar-refractivity contribution in [3.05, 3.63) is 53.2 Å². The van der Waals surface area contributed by atoms with E-state index in [1.807, 2.05) is 13.1 Å². The molecule has 0 fully saturated rings. The number of aromatic nitrogens is 8. The third kappa shape index (κ3) is 4.45. The summed E-state index contributed by atoms with van der Waals surface area (Å²) in [5, 5.41) is 35.9. The Morgan fingerprint density at radius 2 is 2.09 bits per heavy atom. The van der Waals surface area contributed by atoms with Crippen LogP contribution in [0.25, 0.3) is 5.82 Å². The summed E-state index contributed by atoms with van der Waals surface area (Å²) in [6.07, 6.45) is 1.59. The molecule has 4 rings (SSSR count). The highest BCUT2D eigenvalue weighted by Crippen LogP contribution is 2.24. The van der Waals surface area contributed by atoms with Crippen molar-refractivity contribution >= 4 is 17.7 Å². The molecule has 0 spiro atoms. The number of carbonyl (C=O) groups excluding carboxylic acids is 1. The second kappa shape index (κ2) is 9.15. The lowest BCUT2D eigenvalue weighted by Crippen LogP contribution is -2.39. The first kappa shape index (κ1) is 21.5. The van der Waals surface area contributed by atoms with E-state index in [0.29, 0.717) is 40.2 Å². The highest BCUT2D eigenvalue weighted by molar-refractivity contribution is 7.98. The molecule has 14 heteroatoms. The van der Waals surface area contributed by atoms with Crippen molar-refractivity contribution in [3.8, 4) is 11.6 Å².